The molecule has 6 heteroatoms. The van der Waals surface area contributed by atoms with Crippen molar-refractivity contribution in [1.82, 2.24) is 5.06 Å². The standard InChI is InChI=1S/C20H33NO4Si/c1-7-23-19(22)13-17-18(25-26(5,6)20(2,3)4)15-24-21(17)14-16-11-9-8-10-12-16/h8-12,17-18H,7,13-15H2,1-6H3/t17-,18+/m0/s1. The minimum absolute atomic E-state index is 0.105. The molecule has 0 saturated carbocycles. The molecule has 1 fully saturated rings. The molecule has 1 saturated heterocycles. The van der Waals surface area contributed by atoms with Gasteiger partial charge in [-0.25, -0.2) is 0 Å². The molecule has 0 N–H and O–H groups in total. The molecule has 0 amide bonds. The molecular formula is C20H33NO4Si. The van der Waals surface area contributed by atoms with E-state index in [1.165, 1.54) is 0 Å². The maximum Gasteiger partial charge on any atom is 0.307 e. The highest BCUT2D eigenvalue weighted by atomic mass is 28.4. The van der Waals surface area contributed by atoms with Gasteiger partial charge in [-0.2, -0.15) is 5.06 Å². The number of nitrogens with zero attached hydrogens (tertiary/aromatic N) is 1. The van der Waals surface area contributed by atoms with Crippen LogP contribution in [0.25, 0.3) is 0 Å². The van der Waals surface area contributed by atoms with Crippen LogP contribution in [0.1, 0.15) is 39.7 Å². The number of hydroxylamine groups is 2. The van der Waals surface area contributed by atoms with E-state index in [2.05, 4.69) is 46.0 Å². The fourth-order valence-electron chi connectivity index (χ4n) is 2.78. The summed E-state index contributed by atoms with van der Waals surface area (Å²) in [6.07, 6.45) is 0.156. The molecule has 1 aromatic carbocycles. The summed E-state index contributed by atoms with van der Waals surface area (Å²) in [6, 6.07) is 10.0. The predicted octanol–water partition coefficient (Wildman–Crippen LogP) is 4.15. The maximum atomic E-state index is 12.2. The average molecular weight is 380 g/mol. The van der Waals surface area contributed by atoms with E-state index in [-0.39, 0.29) is 29.6 Å². The van der Waals surface area contributed by atoms with Crippen LogP contribution in [0.15, 0.2) is 30.3 Å². The normalized spacial score (nSPS) is 21.8. The third-order valence-corrected chi connectivity index (χ3v) is 9.82. The lowest BCUT2D eigenvalue weighted by atomic mass is 10.1. The van der Waals surface area contributed by atoms with Crippen LogP contribution in [0.4, 0.5) is 0 Å². The van der Waals surface area contributed by atoms with Gasteiger partial charge >= 0.3 is 5.97 Å². The molecule has 0 radical (unpaired) electrons. The molecule has 0 unspecified atom stereocenters. The molecule has 2 atom stereocenters. The molecule has 1 aromatic rings. The summed E-state index contributed by atoms with van der Waals surface area (Å²) < 4.78 is 11.8. The predicted molar refractivity (Wildman–Crippen MR) is 105 cm³/mol. The Balaban J connectivity index is 2.14. The van der Waals surface area contributed by atoms with E-state index in [1.54, 1.807) is 0 Å². The summed E-state index contributed by atoms with van der Waals surface area (Å²) in [7, 11) is -1.96. The van der Waals surface area contributed by atoms with E-state index >= 15 is 0 Å². The van der Waals surface area contributed by atoms with Gasteiger partial charge in [0.15, 0.2) is 8.32 Å². The minimum Gasteiger partial charge on any atom is -0.466 e. The van der Waals surface area contributed by atoms with Gasteiger partial charge in [0.05, 0.1) is 31.8 Å². The molecule has 5 nitrogen and oxygen atoms in total. The topological polar surface area (TPSA) is 48.0 Å². The summed E-state index contributed by atoms with van der Waals surface area (Å²) in [6.45, 7) is 14.4. The largest absolute Gasteiger partial charge is 0.466 e. The second-order valence-corrected chi connectivity index (χ2v) is 13.1. The molecular weight excluding hydrogens is 346 g/mol. The molecule has 0 bridgehead atoms. The highest BCUT2D eigenvalue weighted by Crippen LogP contribution is 2.39. The zero-order valence-electron chi connectivity index (χ0n) is 17.0. The maximum absolute atomic E-state index is 12.2. The fourth-order valence-corrected chi connectivity index (χ4v) is 4.11. The Morgan fingerprint density at radius 1 is 1.27 bits per heavy atom. The zero-order chi connectivity index (χ0) is 19.4. The van der Waals surface area contributed by atoms with Gasteiger partial charge < -0.3 is 9.16 Å². The number of esters is 1. The minimum atomic E-state index is -1.96. The van der Waals surface area contributed by atoms with Crippen molar-refractivity contribution in [1.29, 1.82) is 0 Å². The second kappa shape index (κ2) is 8.65. The number of rotatable bonds is 7. The Labute approximate surface area is 158 Å². The Kier molecular flexibility index (Phi) is 7.02. The molecule has 1 heterocycles. The van der Waals surface area contributed by atoms with Gasteiger partial charge in [-0.3, -0.25) is 9.63 Å². The number of ether oxygens (including phenoxy) is 1. The Hall–Kier alpha value is -1.21. The average Bonchev–Trinajstić information content (AvgIpc) is 2.89. The molecule has 1 aliphatic rings. The zero-order valence-corrected chi connectivity index (χ0v) is 18.0. The fraction of sp³-hybridized carbons (Fsp3) is 0.650. The number of carbonyl (C=O) groups excluding carboxylic acids is 1. The second-order valence-electron chi connectivity index (χ2n) is 8.35. The van der Waals surface area contributed by atoms with E-state index < -0.39 is 8.32 Å². The lowest BCUT2D eigenvalue weighted by Gasteiger charge is -2.39. The summed E-state index contributed by atoms with van der Waals surface area (Å²) in [5.41, 5.74) is 1.15. The van der Waals surface area contributed by atoms with E-state index in [9.17, 15) is 4.79 Å². The van der Waals surface area contributed by atoms with Crippen LogP contribution < -0.4 is 0 Å². The van der Waals surface area contributed by atoms with Crippen LogP contribution in [-0.4, -0.2) is 44.7 Å². The van der Waals surface area contributed by atoms with Crippen molar-refractivity contribution >= 4 is 14.3 Å². The van der Waals surface area contributed by atoms with Crippen LogP contribution in [0, 0.1) is 0 Å². The number of carbonyl (C=O) groups is 1. The van der Waals surface area contributed by atoms with Gasteiger partial charge in [0, 0.05) is 6.54 Å². The molecule has 0 aliphatic carbocycles. The van der Waals surface area contributed by atoms with Crippen molar-refractivity contribution in [3.63, 3.8) is 0 Å². The van der Waals surface area contributed by atoms with E-state index in [0.29, 0.717) is 19.8 Å². The smallest absolute Gasteiger partial charge is 0.307 e. The number of benzene rings is 1. The van der Waals surface area contributed by atoms with Gasteiger partial charge in [-0.15, -0.1) is 0 Å². The third-order valence-electron chi connectivity index (χ3n) is 5.32. The molecule has 1 aliphatic heterocycles. The lowest BCUT2D eigenvalue weighted by molar-refractivity contribution is -0.158. The highest BCUT2D eigenvalue weighted by molar-refractivity contribution is 6.74. The molecule has 0 spiro atoms. The Morgan fingerprint density at radius 3 is 2.50 bits per heavy atom. The van der Waals surface area contributed by atoms with Crippen LogP contribution >= 0.6 is 0 Å². The first kappa shape index (κ1) is 21.1. The lowest BCUT2D eigenvalue weighted by Crippen LogP contribution is -2.48. The van der Waals surface area contributed by atoms with Gasteiger partial charge in [-0.1, -0.05) is 51.1 Å². The first-order valence-corrected chi connectivity index (χ1v) is 12.3. The van der Waals surface area contributed by atoms with Crippen molar-refractivity contribution in [3.8, 4) is 0 Å². The van der Waals surface area contributed by atoms with Crippen LogP contribution in [-0.2, 0) is 25.3 Å². The van der Waals surface area contributed by atoms with Crippen molar-refractivity contribution < 1.29 is 18.8 Å². The van der Waals surface area contributed by atoms with Crippen molar-refractivity contribution in [3.05, 3.63) is 35.9 Å². The Morgan fingerprint density at radius 2 is 1.92 bits per heavy atom. The van der Waals surface area contributed by atoms with E-state index in [0.717, 1.165) is 5.56 Å². The molecule has 26 heavy (non-hydrogen) atoms. The van der Waals surface area contributed by atoms with Gasteiger partial charge in [0.25, 0.3) is 0 Å². The molecule has 0 aromatic heterocycles. The Bertz CT molecular complexity index is 585. The van der Waals surface area contributed by atoms with Crippen LogP contribution in [0.3, 0.4) is 0 Å². The van der Waals surface area contributed by atoms with Gasteiger partial charge in [0.1, 0.15) is 0 Å². The summed E-state index contributed by atoms with van der Waals surface area (Å²) in [5, 5.41) is 2.00. The van der Waals surface area contributed by atoms with Crippen molar-refractivity contribution in [2.45, 2.75) is 70.9 Å². The third kappa shape index (κ3) is 5.39. The summed E-state index contributed by atoms with van der Waals surface area (Å²) in [5.74, 6) is -0.204. The van der Waals surface area contributed by atoms with E-state index in [1.807, 2.05) is 30.2 Å². The summed E-state index contributed by atoms with van der Waals surface area (Å²) >= 11 is 0. The molecule has 2 rings (SSSR count). The number of hydrogen-bond donors (Lipinski definition) is 0. The van der Waals surface area contributed by atoms with Crippen LogP contribution in [0.5, 0.6) is 0 Å². The van der Waals surface area contributed by atoms with Crippen LogP contribution in [0.2, 0.25) is 18.1 Å². The van der Waals surface area contributed by atoms with E-state index in [4.69, 9.17) is 14.0 Å². The van der Waals surface area contributed by atoms with Crippen molar-refractivity contribution in [2.75, 3.05) is 13.2 Å². The summed E-state index contributed by atoms with van der Waals surface area (Å²) in [4.78, 5) is 18.1. The number of hydrogen-bond acceptors (Lipinski definition) is 5. The SMILES string of the molecule is CCOC(=O)C[C@H]1[C@H](O[Si](C)(C)C(C)(C)C)CON1Cc1ccccc1. The van der Waals surface area contributed by atoms with Crippen molar-refractivity contribution in [2.24, 2.45) is 0 Å². The first-order chi connectivity index (χ1) is 12.1. The first-order valence-electron chi connectivity index (χ1n) is 9.41. The highest BCUT2D eigenvalue weighted by Gasteiger charge is 2.45. The quantitative estimate of drug-likeness (QED) is 0.526. The molecule has 146 valence electrons. The monoisotopic (exact) mass is 379 g/mol. The van der Waals surface area contributed by atoms with Gasteiger partial charge in [0.2, 0.25) is 0 Å². The van der Waals surface area contributed by atoms with Gasteiger partial charge in [-0.05, 0) is 30.6 Å².